The quantitative estimate of drug-likeness (QED) is 0.755. The van der Waals surface area contributed by atoms with Gasteiger partial charge in [-0.2, -0.15) is 0 Å². The third-order valence-electron chi connectivity index (χ3n) is 4.34. The molecule has 17 heavy (non-hydrogen) atoms. The second-order valence-electron chi connectivity index (χ2n) is 5.91. The highest BCUT2D eigenvalue weighted by atomic mass is 16.4. The summed E-state index contributed by atoms with van der Waals surface area (Å²) < 4.78 is 0. The van der Waals surface area contributed by atoms with Gasteiger partial charge in [-0.05, 0) is 45.2 Å². The van der Waals surface area contributed by atoms with Gasteiger partial charge < -0.3 is 10.0 Å². The van der Waals surface area contributed by atoms with Gasteiger partial charge in [0.25, 0.3) is 0 Å². The summed E-state index contributed by atoms with van der Waals surface area (Å²) in [6, 6.07) is 0.532. The van der Waals surface area contributed by atoms with E-state index in [4.69, 9.17) is 5.11 Å². The van der Waals surface area contributed by atoms with Gasteiger partial charge in [-0.3, -0.25) is 9.69 Å². The Morgan fingerprint density at radius 3 is 2.47 bits per heavy atom. The normalized spacial score (nSPS) is 31.6. The van der Waals surface area contributed by atoms with Crippen LogP contribution in [0.5, 0.6) is 0 Å². The summed E-state index contributed by atoms with van der Waals surface area (Å²) in [7, 11) is 4.08. The molecule has 0 spiro atoms. The summed E-state index contributed by atoms with van der Waals surface area (Å²) in [6.07, 6.45) is 5.25. The Balaban J connectivity index is 1.92. The first kappa shape index (κ1) is 12.8. The summed E-state index contributed by atoms with van der Waals surface area (Å²) in [6.45, 7) is 2.04. The Morgan fingerprint density at radius 2 is 2.00 bits per heavy atom. The van der Waals surface area contributed by atoms with Crippen LogP contribution in [0.3, 0.4) is 0 Å². The van der Waals surface area contributed by atoms with Crippen LogP contribution in [-0.2, 0) is 4.79 Å². The number of hydrogen-bond acceptors (Lipinski definition) is 3. The standard InChI is InChI=1S/C13H24N2O2/c1-14(2)5-6-15(9-13(16)17)12-8-10-3-4-11(12)7-10/h10-12H,3-9H2,1-2H3,(H,16,17). The Bertz CT molecular complexity index is 281. The maximum atomic E-state index is 11.0. The highest BCUT2D eigenvalue weighted by molar-refractivity contribution is 5.69. The van der Waals surface area contributed by atoms with Crippen molar-refractivity contribution in [3.05, 3.63) is 0 Å². The molecular formula is C13H24N2O2. The van der Waals surface area contributed by atoms with E-state index < -0.39 is 5.97 Å². The zero-order valence-corrected chi connectivity index (χ0v) is 10.9. The number of carbonyl (C=O) groups is 1. The first-order valence-electron chi connectivity index (χ1n) is 6.67. The molecule has 0 aliphatic heterocycles. The van der Waals surface area contributed by atoms with Crippen LogP contribution in [0.25, 0.3) is 0 Å². The van der Waals surface area contributed by atoms with Crippen molar-refractivity contribution in [3.63, 3.8) is 0 Å². The molecule has 0 radical (unpaired) electrons. The zero-order chi connectivity index (χ0) is 12.4. The first-order chi connectivity index (χ1) is 8.06. The molecular weight excluding hydrogens is 216 g/mol. The third kappa shape index (κ3) is 3.19. The van der Waals surface area contributed by atoms with Crippen LogP contribution < -0.4 is 0 Å². The van der Waals surface area contributed by atoms with Crippen molar-refractivity contribution in [2.75, 3.05) is 33.7 Å². The molecule has 0 heterocycles. The van der Waals surface area contributed by atoms with Gasteiger partial charge in [0.1, 0.15) is 0 Å². The maximum absolute atomic E-state index is 11.0. The van der Waals surface area contributed by atoms with Crippen molar-refractivity contribution in [1.82, 2.24) is 9.80 Å². The minimum absolute atomic E-state index is 0.210. The number of aliphatic carboxylic acids is 1. The van der Waals surface area contributed by atoms with E-state index in [1.165, 1.54) is 25.7 Å². The van der Waals surface area contributed by atoms with Gasteiger partial charge in [-0.15, -0.1) is 0 Å². The van der Waals surface area contributed by atoms with E-state index in [0.29, 0.717) is 6.04 Å². The minimum atomic E-state index is -0.688. The molecule has 2 aliphatic carbocycles. The smallest absolute Gasteiger partial charge is 0.317 e. The van der Waals surface area contributed by atoms with E-state index in [9.17, 15) is 4.79 Å². The zero-order valence-electron chi connectivity index (χ0n) is 10.9. The lowest BCUT2D eigenvalue weighted by Crippen LogP contribution is -2.45. The van der Waals surface area contributed by atoms with Crippen LogP contribution >= 0.6 is 0 Å². The predicted molar refractivity (Wildman–Crippen MR) is 67.0 cm³/mol. The molecule has 0 amide bonds. The van der Waals surface area contributed by atoms with Gasteiger partial charge in [0, 0.05) is 19.1 Å². The summed E-state index contributed by atoms with van der Waals surface area (Å²) in [4.78, 5) is 15.3. The van der Waals surface area contributed by atoms with E-state index in [1.54, 1.807) is 0 Å². The number of likely N-dealkylation sites (N-methyl/N-ethyl adjacent to an activating group) is 1. The number of rotatable bonds is 6. The topological polar surface area (TPSA) is 43.8 Å². The molecule has 2 saturated carbocycles. The van der Waals surface area contributed by atoms with Crippen LogP contribution in [0, 0.1) is 11.8 Å². The number of nitrogens with zero attached hydrogens (tertiary/aromatic N) is 2. The third-order valence-corrected chi connectivity index (χ3v) is 4.34. The molecule has 2 bridgehead atoms. The highest BCUT2D eigenvalue weighted by Gasteiger charge is 2.42. The fraction of sp³-hybridized carbons (Fsp3) is 0.923. The van der Waals surface area contributed by atoms with Crippen LogP contribution in [0.2, 0.25) is 0 Å². The largest absolute Gasteiger partial charge is 0.480 e. The molecule has 4 heteroatoms. The number of carboxylic acid groups (broad SMARTS) is 1. The molecule has 2 aliphatic rings. The molecule has 98 valence electrons. The van der Waals surface area contributed by atoms with E-state index in [-0.39, 0.29) is 6.54 Å². The van der Waals surface area contributed by atoms with Crippen molar-refractivity contribution in [2.45, 2.75) is 31.7 Å². The molecule has 0 aromatic heterocycles. The molecule has 2 rings (SSSR count). The predicted octanol–water partition coefficient (Wildman–Crippen LogP) is 1.12. The van der Waals surface area contributed by atoms with E-state index in [1.807, 2.05) is 14.1 Å². The van der Waals surface area contributed by atoms with Gasteiger partial charge in [0.15, 0.2) is 0 Å². The fourth-order valence-electron chi connectivity index (χ4n) is 3.52. The number of hydrogen-bond donors (Lipinski definition) is 1. The van der Waals surface area contributed by atoms with Crippen molar-refractivity contribution >= 4 is 5.97 Å². The monoisotopic (exact) mass is 240 g/mol. The average molecular weight is 240 g/mol. The second-order valence-corrected chi connectivity index (χ2v) is 5.91. The molecule has 0 saturated heterocycles. The second kappa shape index (κ2) is 5.36. The Hall–Kier alpha value is -0.610. The van der Waals surface area contributed by atoms with Crippen LogP contribution in [0.4, 0.5) is 0 Å². The molecule has 1 N–H and O–H groups in total. The molecule has 0 aromatic rings. The number of carboxylic acids is 1. The van der Waals surface area contributed by atoms with Crippen LogP contribution in [0.1, 0.15) is 25.7 Å². The van der Waals surface area contributed by atoms with Crippen LogP contribution in [0.15, 0.2) is 0 Å². The average Bonchev–Trinajstić information content (AvgIpc) is 2.84. The van der Waals surface area contributed by atoms with E-state index >= 15 is 0 Å². The molecule has 3 atom stereocenters. The van der Waals surface area contributed by atoms with Crippen molar-refractivity contribution in [3.8, 4) is 0 Å². The Labute approximate surface area is 104 Å². The maximum Gasteiger partial charge on any atom is 0.317 e. The van der Waals surface area contributed by atoms with Gasteiger partial charge in [0.2, 0.25) is 0 Å². The lowest BCUT2D eigenvalue weighted by Gasteiger charge is -2.34. The summed E-state index contributed by atoms with van der Waals surface area (Å²) in [5.41, 5.74) is 0. The van der Waals surface area contributed by atoms with Crippen molar-refractivity contribution < 1.29 is 9.90 Å². The lowest BCUT2D eigenvalue weighted by atomic mass is 9.94. The minimum Gasteiger partial charge on any atom is -0.480 e. The van der Waals surface area contributed by atoms with Gasteiger partial charge in [-0.25, -0.2) is 0 Å². The van der Waals surface area contributed by atoms with Crippen molar-refractivity contribution in [2.24, 2.45) is 11.8 Å². The number of fused-ring (bicyclic) bond motifs is 2. The molecule has 2 fully saturated rings. The Kier molecular flexibility index (Phi) is 4.05. The highest BCUT2D eigenvalue weighted by Crippen LogP contribution is 2.46. The SMILES string of the molecule is CN(C)CCN(CC(=O)O)C1CC2CCC1C2. The van der Waals surface area contributed by atoms with Gasteiger partial charge in [-0.1, -0.05) is 6.42 Å². The van der Waals surface area contributed by atoms with E-state index in [0.717, 1.165) is 24.9 Å². The lowest BCUT2D eigenvalue weighted by molar-refractivity contribution is -0.139. The molecule has 3 unspecified atom stereocenters. The van der Waals surface area contributed by atoms with E-state index in [2.05, 4.69) is 9.80 Å². The summed E-state index contributed by atoms with van der Waals surface area (Å²) >= 11 is 0. The van der Waals surface area contributed by atoms with Gasteiger partial charge >= 0.3 is 5.97 Å². The summed E-state index contributed by atoms with van der Waals surface area (Å²) in [5.74, 6) is 0.952. The summed E-state index contributed by atoms with van der Waals surface area (Å²) in [5, 5.41) is 9.02. The molecule has 4 nitrogen and oxygen atoms in total. The van der Waals surface area contributed by atoms with Gasteiger partial charge in [0.05, 0.1) is 6.54 Å². The fourth-order valence-corrected chi connectivity index (χ4v) is 3.52. The Morgan fingerprint density at radius 1 is 1.24 bits per heavy atom. The van der Waals surface area contributed by atoms with Crippen LogP contribution in [-0.4, -0.2) is 60.6 Å². The molecule has 0 aromatic carbocycles. The van der Waals surface area contributed by atoms with Crippen molar-refractivity contribution in [1.29, 1.82) is 0 Å². The first-order valence-corrected chi connectivity index (χ1v) is 6.67.